The first-order chi connectivity index (χ1) is 9.74. The number of hydrogen-bond donors (Lipinski definition) is 0. The van der Waals surface area contributed by atoms with Crippen molar-refractivity contribution in [2.75, 3.05) is 6.61 Å². The van der Waals surface area contributed by atoms with Crippen LogP contribution >= 0.6 is 11.6 Å². The van der Waals surface area contributed by atoms with E-state index in [1.54, 1.807) is 12.1 Å². The Labute approximate surface area is 122 Å². The number of halogens is 1. The van der Waals surface area contributed by atoms with Gasteiger partial charge in [0.25, 0.3) is 0 Å². The Balaban J connectivity index is 1.79. The van der Waals surface area contributed by atoms with Gasteiger partial charge in [0.2, 0.25) is 0 Å². The van der Waals surface area contributed by atoms with E-state index in [0.29, 0.717) is 23.7 Å². The van der Waals surface area contributed by atoms with E-state index >= 15 is 0 Å². The Bertz CT molecular complexity index is 625. The number of rotatable bonds is 3. The van der Waals surface area contributed by atoms with Gasteiger partial charge in [0.05, 0.1) is 12.7 Å². The van der Waals surface area contributed by atoms with Crippen LogP contribution in [0.3, 0.4) is 0 Å². The minimum Gasteiger partial charge on any atom is -0.373 e. The van der Waals surface area contributed by atoms with E-state index in [9.17, 15) is 4.79 Å². The molecule has 1 unspecified atom stereocenters. The molecule has 0 bridgehead atoms. The molecule has 0 aliphatic carbocycles. The van der Waals surface area contributed by atoms with Crippen LogP contribution in [0.5, 0.6) is 0 Å². The summed E-state index contributed by atoms with van der Waals surface area (Å²) in [5.74, 6) is 0.0240. The fourth-order valence-corrected chi connectivity index (χ4v) is 2.58. The van der Waals surface area contributed by atoms with E-state index in [1.165, 1.54) is 11.8 Å². The number of carbonyl (C=O) groups excluding carboxylic acids is 1. The second kappa shape index (κ2) is 5.73. The molecule has 1 aliphatic rings. The predicted molar refractivity (Wildman–Crippen MR) is 77.0 cm³/mol. The highest BCUT2D eigenvalue weighted by molar-refractivity contribution is 6.29. The number of aromatic nitrogens is 1. The zero-order valence-corrected chi connectivity index (χ0v) is 11.6. The lowest BCUT2D eigenvalue weighted by atomic mass is 9.93. The Morgan fingerprint density at radius 3 is 2.95 bits per heavy atom. The summed E-state index contributed by atoms with van der Waals surface area (Å²) in [7, 11) is 0. The Kier molecular flexibility index (Phi) is 3.81. The van der Waals surface area contributed by atoms with Crippen molar-refractivity contribution in [1.82, 2.24) is 4.98 Å². The molecule has 102 valence electrons. The molecule has 0 spiro atoms. The molecule has 3 nitrogen and oxygen atoms in total. The van der Waals surface area contributed by atoms with Gasteiger partial charge in [-0.05, 0) is 29.7 Å². The number of benzene rings is 1. The van der Waals surface area contributed by atoms with Crippen LogP contribution in [0.1, 0.15) is 34.0 Å². The number of ketones is 1. The maximum Gasteiger partial charge on any atom is 0.167 e. The number of nitrogens with zero attached hydrogens (tertiary/aromatic N) is 1. The number of pyridine rings is 1. The molecule has 0 N–H and O–H groups in total. The minimum atomic E-state index is -0.164. The molecule has 1 aliphatic heterocycles. The van der Waals surface area contributed by atoms with Crippen molar-refractivity contribution >= 4 is 17.4 Å². The lowest BCUT2D eigenvalue weighted by Gasteiger charge is -2.25. The van der Waals surface area contributed by atoms with Crippen molar-refractivity contribution < 1.29 is 9.53 Å². The highest BCUT2D eigenvalue weighted by atomic mass is 35.5. The van der Waals surface area contributed by atoms with Crippen molar-refractivity contribution in [3.63, 3.8) is 0 Å². The molecule has 1 aromatic heterocycles. The lowest BCUT2D eigenvalue weighted by molar-refractivity contribution is 0.0352. The molecule has 2 aromatic rings. The molecule has 1 atom stereocenters. The summed E-state index contributed by atoms with van der Waals surface area (Å²) in [5, 5.41) is 0.390. The smallest absolute Gasteiger partial charge is 0.167 e. The van der Waals surface area contributed by atoms with Gasteiger partial charge in [-0.3, -0.25) is 4.79 Å². The fraction of sp³-hybridized carbons (Fsp3) is 0.250. The first-order valence-electron chi connectivity index (χ1n) is 6.58. The highest BCUT2D eigenvalue weighted by Gasteiger charge is 2.23. The summed E-state index contributed by atoms with van der Waals surface area (Å²) in [6.07, 6.45) is 2.59. The van der Waals surface area contributed by atoms with Gasteiger partial charge >= 0.3 is 0 Å². The topological polar surface area (TPSA) is 39.2 Å². The van der Waals surface area contributed by atoms with Crippen LogP contribution in [0.4, 0.5) is 0 Å². The summed E-state index contributed by atoms with van der Waals surface area (Å²) >= 11 is 5.73. The molecule has 0 radical (unpaired) electrons. The van der Waals surface area contributed by atoms with Gasteiger partial charge < -0.3 is 4.74 Å². The Morgan fingerprint density at radius 1 is 1.30 bits per heavy atom. The molecular weight excluding hydrogens is 274 g/mol. The average Bonchev–Trinajstić information content (AvgIpc) is 2.48. The lowest BCUT2D eigenvalue weighted by Crippen LogP contribution is -2.19. The molecule has 2 heterocycles. The molecule has 0 amide bonds. The van der Waals surface area contributed by atoms with E-state index in [-0.39, 0.29) is 11.9 Å². The molecule has 4 heteroatoms. The maximum atomic E-state index is 12.3. The standard InChI is InChI=1S/C16H14ClNO2/c17-16-6-5-12(10-18-16)14(19)9-15-13-4-2-1-3-11(13)7-8-20-15/h1-6,10,15H,7-9H2. The van der Waals surface area contributed by atoms with Gasteiger partial charge in [0, 0.05) is 18.2 Å². The largest absolute Gasteiger partial charge is 0.373 e. The highest BCUT2D eigenvalue weighted by Crippen LogP contribution is 2.30. The molecule has 0 saturated carbocycles. The average molecular weight is 288 g/mol. The third-order valence-corrected chi connectivity index (χ3v) is 3.74. The Morgan fingerprint density at radius 2 is 2.15 bits per heavy atom. The molecule has 0 saturated heterocycles. The van der Waals surface area contributed by atoms with Crippen LogP contribution in [0.15, 0.2) is 42.6 Å². The summed E-state index contributed by atoms with van der Waals surface area (Å²) in [5.41, 5.74) is 2.96. The van der Waals surface area contributed by atoms with Gasteiger partial charge in [-0.2, -0.15) is 0 Å². The van der Waals surface area contributed by atoms with Gasteiger partial charge in [0.1, 0.15) is 5.15 Å². The first kappa shape index (κ1) is 13.3. The van der Waals surface area contributed by atoms with Crippen LogP contribution in [-0.2, 0) is 11.2 Å². The van der Waals surface area contributed by atoms with Crippen molar-refractivity contribution in [3.05, 3.63) is 64.4 Å². The summed E-state index contributed by atoms with van der Waals surface area (Å²) in [4.78, 5) is 16.2. The van der Waals surface area contributed by atoms with Crippen molar-refractivity contribution in [2.45, 2.75) is 18.9 Å². The van der Waals surface area contributed by atoms with Gasteiger partial charge in [-0.15, -0.1) is 0 Å². The van der Waals surface area contributed by atoms with Gasteiger partial charge in [-0.25, -0.2) is 4.98 Å². The molecule has 0 fully saturated rings. The summed E-state index contributed by atoms with van der Waals surface area (Å²) in [6, 6.07) is 11.5. The van der Waals surface area contributed by atoms with E-state index in [0.717, 1.165) is 12.0 Å². The van der Waals surface area contributed by atoms with E-state index < -0.39 is 0 Å². The number of fused-ring (bicyclic) bond motifs is 1. The van der Waals surface area contributed by atoms with E-state index in [4.69, 9.17) is 16.3 Å². The molecular formula is C16H14ClNO2. The van der Waals surface area contributed by atoms with E-state index in [1.807, 2.05) is 18.2 Å². The second-order valence-corrected chi connectivity index (χ2v) is 5.19. The molecule has 20 heavy (non-hydrogen) atoms. The third kappa shape index (κ3) is 2.74. The van der Waals surface area contributed by atoms with Crippen molar-refractivity contribution in [3.8, 4) is 0 Å². The third-order valence-electron chi connectivity index (χ3n) is 3.51. The fourth-order valence-electron chi connectivity index (χ4n) is 2.47. The Hall–Kier alpha value is -1.71. The van der Waals surface area contributed by atoms with Crippen LogP contribution < -0.4 is 0 Å². The van der Waals surface area contributed by atoms with E-state index in [2.05, 4.69) is 11.1 Å². The van der Waals surface area contributed by atoms with Crippen LogP contribution in [0.25, 0.3) is 0 Å². The molecule has 1 aromatic carbocycles. The quantitative estimate of drug-likeness (QED) is 0.639. The number of ether oxygens (including phenoxy) is 1. The zero-order chi connectivity index (χ0) is 13.9. The minimum absolute atomic E-state index is 0.0240. The SMILES string of the molecule is O=C(CC1OCCc2ccccc21)c1ccc(Cl)nc1. The monoisotopic (exact) mass is 287 g/mol. The maximum absolute atomic E-state index is 12.3. The number of Topliss-reactive ketones (excluding diaryl/α,β-unsaturated/α-hetero) is 1. The summed E-state index contributed by atoms with van der Waals surface area (Å²) < 4.78 is 5.75. The van der Waals surface area contributed by atoms with Gasteiger partial charge in [0.15, 0.2) is 5.78 Å². The predicted octanol–water partition coefficient (Wildman–Crippen LogP) is 3.62. The van der Waals surface area contributed by atoms with Crippen LogP contribution in [-0.4, -0.2) is 17.4 Å². The van der Waals surface area contributed by atoms with Gasteiger partial charge in [-0.1, -0.05) is 35.9 Å². The first-order valence-corrected chi connectivity index (χ1v) is 6.96. The molecule has 3 rings (SSSR count). The van der Waals surface area contributed by atoms with Crippen molar-refractivity contribution in [1.29, 1.82) is 0 Å². The number of hydrogen-bond acceptors (Lipinski definition) is 3. The van der Waals surface area contributed by atoms with Crippen LogP contribution in [0, 0.1) is 0 Å². The number of carbonyl (C=O) groups is 1. The normalized spacial score (nSPS) is 17.6. The van der Waals surface area contributed by atoms with Crippen molar-refractivity contribution in [2.24, 2.45) is 0 Å². The summed E-state index contributed by atoms with van der Waals surface area (Å²) in [6.45, 7) is 0.661. The zero-order valence-electron chi connectivity index (χ0n) is 10.9. The van der Waals surface area contributed by atoms with Crippen LogP contribution in [0.2, 0.25) is 5.15 Å². The second-order valence-electron chi connectivity index (χ2n) is 4.81.